The third-order valence-corrected chi connectivity index (χ3v) is 2.58. The van der Waals surface area contributed by atoms with Crippen molar-refractivity contribution < 1.29 is 32.5 Å². The Morgan fingerprint density at radius 2 is 1.65 bits per heavy atom. The van der Waals surface area contributed by atoms with Gasteiger partial charge in [0, 0.05) is 6.42 Å². The second-order valence-corrected chi connectivity index (χ2v) is 4.27. The molecule has 0 aliphatic heterocycles. The Labute approximate surface area is 116 Å². The monoisotopic (exact) mass is 309 g/mol. The Kier molecular flexibility index (Phi) is 18.4. The number of halogens is 1. The van der Waals surface area contributed by atoms with E-state index in [1.54, 1.807) is 0 Å². The highest BCUT2D eigenvalue weighted by Crippen LogP contribution is 2.03. The molecule has 0 saturated carbocycles. The number of nitrogens with two attached hydrogens (primary N) is 1. The van der Waals surface area contributed by atoms with Crippen LogP contribution in [0.4, 0.5) is 0 Å². The number of hydrogen-bond acceptors (Lipinski definition) is 2. The van der Waals surface area contributed by atoms with Crippen molar-refractivity contribution in [2.45, 2.75) is 58.2 Å². The van der Waals surface area contributed by atoms with Gasteiger partial charge in [-0.15, -0.1) is 0 Å². The van der Waals surface area contributed by atoms with E-state index in [2.05, 4.69) is 12.2 Å². The van der Waals surface area contributed by atoms with Crippen LogP contribution >= 0.6 is 0 Å². The molecule has 0 bridgehead atoms. The normalized spacial score (nSPS) is 11.1. The molecule has 0 saturated heterocycles. The fourth-order valence-corrected chi connectivity index (χ4v) is 1.60. The summed E-state index contributed by atoms with van der Waals surface area (Å²) in [7, 11) is 0. The molecule has 0 aliphatic rings. The number of quaternary nitrogens is 1. The minimum atomic E-state index is -1.20. The summed E-state index contributed by atoms with van der Waals surface area (Å²) in [6, 6.07) is 0. The lowest BCUT2D eigenvalue weighted by atomic mass is 10.1. The van der Waals surface area contributed by atoms with E-state index in [-0.39, 0.29) is 17.0 Å². The van der Waals surface area contributed by atoms with E-state index in [9.17, 15) is 0 Å². The van der Waals surface area contributed by atoms with Crippen LogP contribution < -0.4 is 22.3 Å². The standard InChI is InChI=1S/C13H27NO2.BrH/c1-2-3-4-5-6-8-11-14-12-9-7-10-13(15)16;/h7,9,13-16H,2-6,8,10-12H2,1H3;1H. The number of aliphatic hydroxyl groups is 2. The number of unbranched alkanes of at least 4 members (excludes halogenated alkanes) is 5. The molecule has 0 aromatic rings. The molecule has 0 spiro atoms. The van der Waals surface area contributed by atoms with E-state index in [1.165, 1.54) is 45.1 Å². The summed E-state index contributed by atoms with van der Waals surface area (Å²) >= 11 is 0. The first-order chi connectivity index (χ1) is 7.77. The van der Waals surface area contributed by atoms with E-state index < -0.39 is 6.29 Å². The van der Waals surface area contributed by atoms with Crippen LogP contribution in [0.2, 0.25) is 0 Å². The SMILES string of the molecule is CCCCCCCC[NH2+]CC=CCC(O)O.[Br-]. The molecule has 104 valence electrons. The second kappa shape index (κ2) is 16.1. The fourth-order valence-electron chi connectivity index (χ4n) is 1.60. The van der Waals surface area contributed by atoms with Gasteiger partial charge in [-0.2, -0.15) is 0 Å². The highest BCUT2D eigenvalue weighted by atomic mass is 79.9. The van der Waals surface area contributed by atoms with Gasteiger partial charge in [0.2, 0.25) is 0 Å². The van der Waals surface area contributed by atoms with Crippen molar-refractivity contribution in [3.05, 3.63) is 12.2 Å². The zero-order valence-corrected chi connectivity index (χ0v) is 12.5. The molecule has 0 fully saturated rings. The van der Waals surface area contributed by atoms with Crippen molar-refractivity contribution >= 4 is 0 Å². The van der Waals surface area contributed by atoms with Crippen LogP contribution in [-0.2, 0) is 0 Å². The lowest BCUT2D eigenvalue weighted by Crippen LogP contribution is -3.00. The Balaban J connectivity index is 0. The Morgan fingerprint density at radius 1 is 1.00 bits per heavy atom. The summed E-state index contributed by atoms with van der Waals surface area (Å²) in [5, 5.41) is 19.4. The maximum Gasteiger partial charge on any atom is 0.154 e. The maximum atomic E-state index is 8.59. The van der Waals surface area contributed by atoms with Crippen molar-refractivity contribution in [1.29, 1.82) is 0 Å². The summed E-state index contributed by atoms with van der Waals surface area (Å²) in [6.45, 7) is 4.36. The first-order valence-electron chi connectivity index (χ1n) is 6.60. The van der Waals surface area contributed by atoms with Crippen molar-refractivity contribution in [2.75, 3.05) is 13.1 Å². The van der Waals surface area contributed by atoms with E-state index in [0.717, 1.165) is 6.54 Å². The third kappa shape index (κ3) is 18.7. The number of rotatable bonds is 11. The first-order valence-corrected chi connectivity index (χ1v) is 6.60. The zero-order valence-electron chi connectivity index (χ0n) is 10.9. The molecule has 0 rings (SSSR count). The number of hydrogen-bond donors (Lipinski definition) is 3. The van der Waals surface area contributed by atoms with Gasteiger partial charge in [0.05, 0.1) is 13.1 Å². The molecule has 0 heterocycles. The molecule has 0 aromatic carbocycles. The molecule has 3 nitrogen and oxygen atoms in total. The van der Waals surface area contributed by atoms with Crippen LogP contribution in [0.1, 0.15) is 51.9 Å². The molecule has 0 aliphatic carbocycles. The molecule has 0 aromatic heterocycles. The average Bonchev–Trinajstić information content (AvgIpc) is 2.25. The van der Waals surface area contributed by atoms with Crippen molar-refractivity contribution in [1.82, 2.24) is 0 Å². The quantitative estimate of drug-likeness (QED) is 0.239. The van der Waals surface area contributed by atoms with E-state index in [0.29, 0.717) is 6.42 Å². The van der Waals surface area contributed by atoms with Gasteiger partial charge in [-0.1, -0.05) is 38.7 Å². The highest BCUT2D eigenvalue weighted by Gasteiger charge is 1.92. The first kappa shape index (κ1) is 19.4. The predicted octanol–water partition coefficient (Wildman–Crippen LogP) is -1.83. The van der Waals surface area contributed by atoms with Gasteiger partial charge in [0.25, 0.3) is 0 Å². The molecular weight excluding hydrogens is 282 g/mol. The minimum Gasteiger partial charge on any atom is -1.00 e. The summed E-state index contributed by atoms with van der Waals surface area (Å²) < 4.78 is 0. The zero-order chi connectivity index (χ0) is 12.1. The number of aliphatic hydroxyl groups excluding tert-OH is 1. The van der Waals surface area contributed by atoms with Crippen LogP contribution in [0.25, 0.3) is 0 Å². The Bertz CT molecular complexity index is 163. The van der Waals surface area contributed by atoms with E-state index in [4.69, 9.17) is 10.2 Å². The topological polar surface area (TPSA) is 57.1 Å². The summed E-state index contributed by atoms with van der Waals surface area (Å²) in [6.07, 6.45) is 11.0. The van der Waals surface area contributed by atoms with Gasteiger partial charge in [-0.3, -0.25) is 0 Å². The van der Waals surface area contributed by atoms with Crippen molar-refractivity contribution in [2.24, 2.45) is 0 Å². The summed E-state index contributed by atoms with van der Waals surface area (Å²) in [5.41, 5.74) is 0. The summed E-state index contributed by atoms with van der Waals surface area (Å²) in [5.74, 6) is 0. The second-order valence-electron chi connectivity index (χ2n) is 4.27. The van der Waals surface area contributed by atoms with Gasteiger partial charge < -0.3 is 32.5 Å². The van der Waals surface area contributed by atoms with Crippen LogP contribution in [-0.4, -0.2) is 29.6 Å². The van der Waals surface area contributed by atoms with Gasteiger partial charge >= 0.3 is 0 Å². The van der Waals surface area contributed by atoms with Crippen LogP contribution in [0.3, 0.4) is 0 Å². The molecule has 17 heavy (non-hydrogen) atoms. The summed E-state index contributed by atoms with van der Waals surface area (Å²) in [4.78, 5) is 0. The van der Waals surface area contributed by atoms with Crippen LogP contribution in [0.15, 0.2) is 12.2 Å². The molecule has 0 unspecified atom stereocenters. The van der Waals surface area contributed by atoms with Gasteiger partial charge in [0.15, 0.2) is 6.29 Å². The van der Waals surface area contributed by atoms with Crippen molar-refractivity contribution in [3.8, 4) is 0 Å². The molecular formula is C13H28BrNO2. The van der Waals surface area contributed by atoms with Gasteiger partial charge in [-0.05, 0) is 18.9 Å². The van der Waals surface area contributed by atoms with E-state index >= 15 is 0 Å². The van der Waals surface area contributed by atoms with Gasteiger partial charge in [0.1, 0.15) is 0 Å². The highest BCUT2D eigenvalue weighted by molar-refractivity contribution is 4.80. The van der Waals surface area contributed by atoms with Crippen LogP contribution in [0, 0.1) is 0 Å². The Morgan fingerprint density at radius 3 is 2.29 bits per heavy atom. The Hall–Kier alpha value is 0.100. The minimum absolute atomic E-state index is 0. The predicted molar refractivity (Wildman–Crippen MR) is 67.0 cm³/mol. The maximum absolute atomic E-state index is 8.59. The average molecular weight is 310 g/mol. The lowest BCUT2D eigenvalue weighted by Gasteiger charge is -2.00. The fraction of sp³-hybridized carbons (Fsp3) is 0.846. The largest absolute Gasteiger partial charge is 1.00 e. The lowest BCUT2D eigenvalue weighted by molar-refractivity contribution is -0.646. The molecule has 0 radical (unpaired) electrons. The molecule has 0 amide bonds. The van der Waals surface area contributed by atoms with Crippen LogP contribution in [0.5, 0.6) is 0 Å². The molecule has 4 N–H and O–H groups in total. The van der Waals surface area contributed by atoms with Crippen molar-refractivity contribution in [3.63, 3.8) is 0 Å². The molecule has 0 atom stereocenters. The third-order valence-electron chi connectivity index (χ3n) is 2.58. The van der Waals surface area contributed by atoms with Gasteiger partial charge in [-0.25, -0.2) is 0 Å². The molecule has 4 heteroatoms. The smallest absolute Gasteiger partial charge is 0.154 e. The van der Waals surface area contributed by atoms with E-state index in [1.807, 2.05) is 12.2 Å².